The monoisotopic (exact) mass is 368 g/mol. The summed E-state index contributed by atoms with van der Waals surface area (Å²) in [7, 11) is 3.13. The summed E-state index contributed by atoms with van der Waals surface area (Å²) in [6, 6.07) is 4.18. The van der Waals surface area contributed by atoms with Gasteiger partial charge in [-0.15, -0.1) is 0 Å². The van der Waals surface area contributed by atoms with E-state index in [-0.39, 0.29) is 22.3 Å². The second kappa shape index (κ2) is 6.04. The molecule has 0 N–H and O–H groups in total. The first-order chi connectivity index (χ1) is 9.70. The van der Waals surface area contributed by atoms with Crippen LogP contribution in [0.4, 0.5) is 0 Å². The highest BCUT2D eigenvalue weighted by atomic mass is 35.7. The Morgan fingerprint density at radius 3 is 2.52 bits per heavy atom. The van der Waals surface area contributed by atoms with Gasteiger partial charge in [0.1, 0.15) is 17.3 Å². The third-order valence-electron chi connectivity index (χ3n) is 2.79. The lowest BCUT2D eigenvalue weighted by Crippen LogP contribution is -2.05. The van der Waals surface area contributed by atoms with E-state index in [1.807, 2.05) is 0 Å². The molecule has 5 nitrogen and oxygen atoms in total. The van der Waals surface area contributed by atoms with Crippen LogP contribution in [0.2, 0.25) is 10.0 Å². The second-order valence-electron chi connectivity index (χ2n) is 4.29. The number of aromatic nitrogens is 2. The molecule has 0 saturated carbocycles. The zero-order valence-corrected chi connectivity index (χ0v) is 14.2. The molecule has 21 heavy (non-hydrogen) atoms. The van der Waals surface area contributed by atoms with Crippen LogP contribution in [-0.4, -0.2) is 18.2 Å². The van der Waals surface area contributed by atoms with E-state index in [1.54, 1.807) is 18.7 Å². The number of nitrogens with zero attached hydrogens (tertiary/aromatic N) is 2. The molecule has 114 valence electrons. The van der Waals surface area contributed by atoms with Gasteiger partial charge < -0.3 is 4.74 Å². The molecule has 2 aromatic rings. The molecule has 0 aliphatic heterocycles. The van der Waals surface area contributed by atoms with E-state index in [9.17, 15) is 8.42 Å². The molecule has 0 spiro atoms. The Hall–Kier alpha value is -0.950. The molecule has 1 heterocycles. The van der Waals surface area contributed by atoms with Crippen molar-refractivity contribution in [2.75, 3.05) is 0 Å². The Balaban J connectivity index is 2.33. The summed E-state index contributed by atoms with van der Waals surface area (Å²) >= 11 is 11.9. The fourth-order valence-electron chi connectivity index (χ4n) is 1.77. The predicted molar refractivity (Wildman–Crippen MR) is 81.8 cm³/mol. The van der Waals surface area contributed by atoms with Gasteiger partial charge in [-0.3, -0.25) is 4.68 Å². The number of hydrogen-bond acceptors (Lipinski definition) is 4. The summed E-state index contributed by atoms with van der Waals surface area (Å²) in [5, 5.41) is 4.87. The first-order valence-electron chi connectivity index (χ1n) is 5.75. The topological polar surface area (TPSA) is 61.2 Å². The molecule has 0 atom stereocenters. The summed E-state index contributed by atoms with van der Waals surface area (Å²) in [4.78, 5) is -0.188. The fourth-order valence-corrected chi connectivity index (χ4v) is 3.22. The Morgan fingerprint density at radius 1 is 1.33 bits per heavy atom. The molecule has 0 saturated heterocycles. The molecule has 2 rings (SSSR count). The number of ether oxygens (including phenoxy) is 1. The number of hydrogen-bond donors (Lipinski definition) is 0. The zero-order valence-electron chi connectivity index (χ0n) is 11.1. The molecule has 1 aromatic carbocycles. The summed E-state index contributed by atoms with van der Waals surface area (Å²) in [6.45, 7) is 1.82. The van der Waals surface area contributed by atoms with Crippen molar-refractivity contribution in [3.8, 4) is 5.75 Å². The molecule has 0 aliphatic carbocycles. The van der Waals surface area contributed by atoms with Gasteiger partial charge in [-0.1, -0.05) is 23.2 Å². The maximum absolute atomic E-state index is 11.5. The maximum Gasteiger partial charge on any atom is 0.265 e. The highest BCUT2D eigenvalue weighted by Crippen LogP contribution is 2.31. The van der Waals surface area contributed by atoms with Gasteiger partial charge in [0.05, 0.1) is 16.4 Å². The van der Waals surface area contributed by atoms with Crippen molar-refractivity contribution in [1.82, 2.24) is 9.78 Å². The van der Waals surface area contributed by atoms with E-state index in [0.29, 0.717) is 16.4 Å². The van der Waals surface area contributed by atoms with E-state index >= 15 is 0 Å². The van der Waals surface area contributed by atoms with Crippen molar-refractivity contribution in [2.24, 2.45) is 7.05 Å². The molecule has 9 heteroatoms. The molecule has 0 fully saturated rings. The lowest BCUT2D eigenvalue weighted by atomic mass is 10.3. The van der Waals surface area contributed by atoms with Crippen molar-refractivity contribution in [1.29, 1.82) is 0 Å². The average molecular weight is 370 g/mol. The van der Waals surface area contributed by atoms with Gasteiger partial charge in [-0.25, -0.2) is 8.42 Å². The Bertz CT molecular complexity index is 787. The smallest absolute Gasteiger partial charge is 0.265 e. The average Bonchev–Trinajstić information content (AvgIpc) is 2.61. The quantitative estimate of drug-likeness (QED) is 0.773. The molecular formula is C12H11Cl3N2O3S. The van der Waals surface area contributed by atoms with Gasteiger partial charge in [0.25, 0.3) is 9.05 Å². The molecule has 0 bridgehead atoms. The van der Waals surface area contributed by atoms with Gasteiger partial charge in [0, 0.05) is 22.8 Å². The minimum atomic E-state index is -3.97. The van der Waals surface area contributed by atoms with E-state index in [2.05, 4.69) is 5.10 Å². The lowest BCUT2D eigenvalue weighted by molar-refractivity contribution is 0.287. The number of halogens is 3. The third-order valence-corrected chi connectivity index (χ3v) is 4.86. The molecule has 0 unspecified atom stereocenters. The van der Waals surface area contributed by atoms with Crippen LogP contribution in [0.5, 0.6) is 5.75 Å². The van der Waals surface area contributed by atoms with Gasteiger partial charge in [0.2, 0.25) is 0 Å². The standard InChI is InChI=1S/C12H11Cl3N2O3S/c1-7-12(14)9(17(2)16-7)6-20-10-4-3-8(13)5-11(10)21(15,18)19/h3-5H,6H2,1-2H3. The van der Waals surface area contributed by atoms with Crippen LogP contribution >= 0.6 is 33.9 Å². The summed E-state index contributed by atoms with van der Waals surface area (Å²) in [6.07, 6.45) is 0. The van der Waals surface area contributed by atoms with Crippen molar-refractivity contribution in [2.45, 2.75) is 18.4 Å². The minimum absolute atomic E-state index is 0.0528. The Morgan fingerprint density at radius 2 is 2.00 bits per heavy atom. The highest BCUT2D eigenvalue weighted by Gasteiger charge is 2.19. The van der Waals surface area contributed by atoms with Gasteiger partial charge >= 0.3 is 0 Å². The van der Waals surface area contributed by atoms with E-state index in [1.165, 1.54) is 18.2 Å². The molecule has 0 amide bonds. The Labute approximate surface area is 136 Å². The normalized spacial score (nSPS) is 11.7. The van der Waals surface area contributed by atoms with E-state index in [0.717, 1.165) is 0 Å². The zero-order chi connectivity index (χ0) is 15.8. The largest absolute Gasteiger partial charge is 0.486 e. The van der Waals surface area contributed by atoms with Crippen LogP contribution in [-0.2, 0) is 22.7 Å². The summed E-state index contributed by atoms with van der Waals surface area (Å²) in [5.41, 5.74) is 1.29. The van der Waals surface area contributed by atoms with Crippen LogP contribution in [0.15, 0.2) is 23.1 Å². The van der Waals surface area contributed by atoms with Crippen LogP contribution < -0.4 is 4.74 Å². The van der Waals surface area contributed by atoms with Gasteiger partial charge in [0.15, 0.2) is 0 Å². The Kier molecular flexibility index (Phi) is 4.72. The first-order valence-corrected chi connectivity index (χ1v) is 8.81. The molecule has 0 radical (unpaired) electrons. The summed E-state index contributed by atoms with van der Waals surface area (Å²) in [5.74, 6) is 0.101. The van der Waals surface area contributed by atoms with Crippen molar-refractivity contribution in [3.63, 3.8) is 0 Å². The van der Waals surface area contributed by atoms with Crippen LogP contribution in [0.1, 0.15) is 11.4 Å². The number of rotatable bonds is 4. The fraction of sp³-hybridized carbons (Fsp3) is 0.250. The van der Waals surface area contributed by atoms with Crippen molar-refractivity contribution < 1.29 is 13.2 Å². The van der Waals surface area contributed by atoms with Crippen molar-refractivity contribution in [3.05, 3.63) is 39.6 Å². The van der Waals surface area contributed by atoms with Crippen LogP contribution in [0.25, 0.3) is 0 Å². The van der Waals surface area contributed by atoms with Crippen LogP contribution in [0.3, 0.4) is 0 Å². The number of benzene rings is 1. The predicted octanol–water partition coefficient (Wildman–Crippen LogP) is 3.54. The van der Waals surface area contributed by atoms with E-state index < -0.39 is 9.05 Å². The van der Waals surface area contributed by atoms with E-state index in [4.69, 9.17) is 38.6 Å². The molecule has 1 aromatic heterocycles. The third kappa shape index (κ3) is 3.63. The first kappa shape index (κ1) is 16.4. The molecule has 0 aliphatic rings. The van der Waals surface area contributed by atoms with Gasteiger partial charge in [-0.2, -0.15) is 5.10 Å². The lowest BCUT2D eigenvalue weighted by Gasteiger charge is -2.10. The SMILES string of the molecule is Cc1nn(C)c(COc2ccc(Cl)cc2S(=O)(=O)Cl)c1Cl. The maximum atomic E-state index is 11.5. The van der Waals surface area contributed by atoms with Gasteiger partial charge in [-0.05, 0) is 25.1 Å². The second-order valence-corrected chi connectivity index (χ2v) is 7.64. The minimum Gasteiger partial charge on any atom is -0.486 e. The molecular weight excluding hydrogens is 359 g/mol. The van der Waals surface area contributed by atoms with Crippen LogP contribution in [0, 0.1) is 6.92 Å². The number of aryl methyl sites for hydroxylation is 2. The van der Waals surface area contributed by atoms with Crippen molar-refractivity contribution >= 4 is 42.9 Å². The highest BCUT2D eigenvalue weighted by molar-refractivity contribution is 8.13. The summed E-state index contributed by atoms with van der Waals surface area (Å²) < 4.78 is 30.2.